The normalized spacial score (nSPS) is 22.2. The van der Waals surface area contributed by atoms with Gasteiger partial charge in [-0.3, -0.25) is 4.79 Å². The average Bonchev–Trinajstić information content (AvgIpc) is 3.24. The highest BCUT2D eigenvalue weighted by molar-refractivity contribution is 9.10. The van der Waals surface area contributed by atoms with Crippen molar-refractivity contribution in [2.45, 2.75) is 29.7 Å². The first-order valence-electron chi connectivity index (χ1n) is 12.2. The summed E-state index contributed by atoms with van der Waals surface area (Å²) in [7, 11) is 0. The molecule has 4 nitrogen and oxygen atoms in total. The Morgan fingerprint density at radius 3 is 2.22 bits per heavy atom. The number of ether oxygens (including phenoxy) is 1. The summed E-state index contributed by atoms with van der Waals surface area (Å²) in [5, 5.41) is 3.74. The Balaban J connectivity index is 1.47. The van der Waals surface area contributed by atoms with Crippen LogP contribution in [0.15, 0.2) is 119 Å². The maximum Gasteiger partial charge on any atom is 0.258 e. The monoisotopic (exact) mass is 568 g/mol. The van der Waals surface area contributed by atoms with Gasteiger partial charge in [-0.05, 0) is 34.9 Å². The molecule has 2 aliphatic rings. The maximum atomic E-state index is 13.9. The second-order valence-corrected chi connectivity index (χ2v) is 11.3. The molecule has 4 aromatic rings. The van der Waals surface area contributed by atoms with Crippen molar-refractivity contribution in [1.29, 1.82) is 0 Å². The Kier molecular flexibility index (Phi) is 6.39. The molecule has 1 spiro atoms. The number of carbonyl (C=O) groups excluding carboxylic acids is 1. The molecule has 0 radical (unpaired) electrons. The van der Waals surface area contributed by atoms with Crippen LogP contribution in [0.5, 0.6) is 5.75 Å². The molecule has 6 heteroatoms. The molecule has 2 aliphatic heterocycles. The Morgan fingerprint density at radius 1 is 0.865 bits per heavy atom. The van der Waals surface area contributed by atoms with Gasteiger partial charge in [0, 0.05) is 28.6 Å². The lowest BCUT2D eigenvalue weighted by Gasteiger charge is -2.45. The number of fused-ring (bicyclic) bond motifs is 2. The lowest BCUT2D eigenvalue weighted by atomic mass is 9.71. The topological polar surface area (TPSA) is 50.7 Å². The van der Waals surface area contributed by atoms with Gasteiger partial charge in [0.25, 0.3) is 5.91 Å². The Labute approximate surface area is 229 Å². The third kappa shape index (κ3) is 4.60. The quantitative estimate of drug-likeness (QED) is 0.282. The number of nitrogens with zero attached hydrogens (tertiary/aromatic N) is 1. The van der Waals surface area contributed by atoms with Crippen LogP contribution in [0.4, 0.5) is 0 Å². The smallest absolute Gasteiger partial charge is 0.258 e. The van der Waals surface area contributed by atoms with Gasteiger partial charge in [0.2, 0.25) is 0 Å². The van der Waals surface area contributed by atoms with Gasteiger partial charge in [-0.1, -0.05) is 119 Å². The lowest BCUT2D eigenvalue weighted by Crippen LogP contribution is -2.50. The number of nitrogens with one attached hydrogen (secondary N) is 1. The molecule has 0 bridgehead atoms. The molecule has 2 atom stereocenters. The molecule has 4 aromatic carbocycles. The molecular formula is C31H25BrN2O2S. The van der Waals surface area contributed by atoms with Crippen LogP contribution in [0.1, 0.15) is 28.7 Å². The van der Waals surface area contributed by atoms with E-state index in [9.17, 15) is 4.79 Å². The van der Waals surface area contributed by atoms with Crippen LogP contribution in [0.2, 0.25) is 0 Å². The Morgan fingerprint density at radius 2 is 1.51 bits per heavy atom. The number of benzene rings is 4. The first-order chi connectivity index (χ1) is 18.1. The highest BCUT2D eigenvalue weighted by Gasteiger charge is 2.57. The predicted molar refractivity (Wildman–Crippen MR) is 153 cm³/mol. The zero-order valence-corrected chi connectivity index (χ0v) is 22.5. The molecule has 37 heavy (non-hydrogen) atoms. The minimum atomic E-state index is -1.10. The summed E-state index contributed by atoms with van der Waals surface area (Å²) in [6.45, 7) is 0. The second-order valence-electron chi connectivity index (χ2n) is 9.45. The molecule has 1 unspecified atom stereocenters. The molecule has 0 saturated heterocycles. The highest BCUT2D eigenvalue weighted by Crippen LogP contribution is 2.53. The third-order valence-corrected chi connectivity index (χ3v) is 8.41. The molecule has 0 saturated carbocycles. The van der Waals surface area contributed by atoms with Crippen LogP contribution in [-0.2, 0) is 28.1 Å². The van der Waals surface area contributed by atoms with Crippen molar-refractivity contribution < 1.29 is 9.53 Å². The maximum absolute atomic E-state index is 13.9. The lowest BCUT2D eigenvalue weighted by molar-refractivity contribution is -0.128. The summed E-state index contributed by atoms with van der Waals surface area (Å²) in [6.07, 6.45) is 1.01. The van der Waals surface area contributed by atoms with Crippen LogP contribution >= 0.6 is 27.7 Å². The van der Waals surface area contributed by atoms with E-state index in [0.29, 0.717) is 23.8 Å². The number of carbonyl (C=O) groups is 1. The van der Waals surface area contributed by atoms with E-state index in [0.717, 1.165) is 26.9 Å². The number of amides is 1. The van der Waals surface area contributed by atoms with Gasteiger partial charge in [0.05, 0.1) is 0 Å². The first kappa shape index (κ1) is 24.0. The van der Waals surface area contributed by atoms with Crippen molar-refractivity contribution >= 4 is 38.8 Å². The zero-order chi connectivity index (χ0) is 25.3. The highest BCUT2D eigenvalue weighted by atomic mass is 79.9. The minimum Gasteiger partial charge on any atom is -0.482 e. The van der Waals surface area contributed by atoms with Gasteiger partial charge in [-0.15, -0.1) is 0 Å². The number of halogens is 1. The van der Waals surface area contributed by atoms with Crippen LogP contribution in [0, 0.1) is 0 Å². The van der Waals surface area contributed by atoms with Crippen molar-refractivity contribution in [3.63, 3.8) is 0 Å². The van der Waals surface area contributed by atoms with E-state index in [1.807, 2.05) is 72.8 Å². The summed E-state index contributed by atoms with van der Waals surface area (Å²) >= 11 is 5.16. The molecule has 6 rings (SSSR count). The standard InChI is InChI=1S/C31H25BrN2O2S/c32-25-16-17-27-26(18-25)31(28(35)33-29(34-31)37-20-23-12-6-2-7-13-23)21-30(36-27,24-14-8-3-9-15-24)19-22-10-4-1-5-11-22/h1-18H,19-21H2,(H,33,34,35)/t30-,31?/m1/s1. The van der Waals surface area contributed by atoms with Crippen LogP contribution in [0.3, 0.4) is 0 Å². The number of hydrogen-bond donors (Lipinski definition) is 1. The summed E-state index contributed by atoms with van der Waals surface area (Å²) in [6, 6.07) is 36.6. The van der Waals surface area contributed by atoms with E-state index in [-0.39, 0.29) is 5.91 Å². The molecule has 0 aromatic heterocycles. The largest absolute Gasteiger partial charge is 0.482 e. The fourth-order valence-corrected chi connectivity index (χ4v) is 6.49. The predicted octanol–water partition coefficient (Wildman–Crippen LogP) is 6.98. The number of aliphatic imine (C=N–C) groups is 1. The fraction of sp³-hybridized carbons (Fsp3) is 0.161. The minimum absolute atomic E-state index is 0.112. The summed E-state index contributed by atoms with van der Waals surface area (Å²) < 4.78 is 7.77. The van der Waals surface area contributed by atoms with Gasteiger partial charge in [-0.2, -0.15) is 0 Å². The van der Waals surface area contributed by atoms with Crippen LogP contribution < -0.4 is 10.1 Å². The molecule has 2 heterocycles. The third-order valence-electron chi connectivity index (χ3n) is 6.97. The first-order valence-corrected chi connectivity index (χ1v) is 14.0. The molecule has 1 N–H and O–H groups in total. The van der Waals surface area contributed by atoms with Crippen molar-refractivity contribution in [2.24, 2.45) is 4.99 Å². The zero-order valence-electron chi connectivity index (χ0n) is 20.1. The van der Waals surface area contributed by atoms with Gasteiger partial charge in [0.1, 0.15) is 11.4 Å². The molecular weight excluding hydrogens is 544 g/mol. The van der Waals surface area contributed by atoms with Gasteiger partial charge in [0.15, 0.2) is 10.7 Å². The number of hydrogen-bond acceptors (Lipinski definition) is 4. The second kappa shape index (κ2) is 9.84. The molecule has 184 valence electrons. The SMILES string of the molecule is O=C1NC(SCc2ccccc2)=NC12C[C@](Cc1ccccc1)(c1ccccc1)Oc1ccc(Br)cc12. The van der Waals surface area contributed by atoms with E-state index in [1.54, 1.807) is 11.8 Å². The van der Waals surface area contributed by atoms with Gasteiger partial charge >= 0.3 is 0 Å². The molecule has 0 aliphatic carbocycles. The van der Waals surface area contributed by atoms with Crippen LogP contribution in [0.25, 0.3) is 0 Å². The van der Waals surface area contributed by atoms with Crippen molar-refractivity contribution in [3.8, 4) is 5.75 Å². The summed E-state index contributed by atoms with van der Waals surface area (Å²) in [4.78, 5) is 19.0. The van der Waals surface area contributed by atoms with Gasteiger partial charge in [-0.25, -0.2) is 4.99 Å². The molecule has 1 amide bonds. The van der Waals surface area contributed by atoms with E-state index in [2.05, 4.69) is 57.6 Å². The van der Waals surface area contributed by atoms with E-state index in [4.69, 9.17) is 9.73 Å². The van der Waals surface area contributed by atoms with E-state index < -0.39 is 11.1 Å². The van der Waals surface area contributed by atoms with Crippen LogP contribution in [-0.4, -0.2) is 11.1 Å². The van der Waals surface area contributed by atoms with Crippen molar-refractivity contribution in [1.82, 2.24) is 5.32 Å². The molecule has 0 fully saturated rings. The van der Waals surface area contributed by atoms with Crippen molar-refractivity contribution in [2.75, 3.05) is 0 Å². The number of amidine groups is 1. The number of thioether (sulfide) groups is 1. The van der Waals surface area contributed by atoms with Crippen molar-refractivity contribution in [3.05, 3.63) is 136 Å². The van der Waals surface area contributed by atoms with E-state index in [1.165, 1.54) is 5.56 Å². The Bertz CT molecular complexity index is 1460. The van der Waals surface area contributed by atoms with E-state index >= 15 is 0 Å². The summed E-state index contributed by atoms with van der Waals surface area (Å²) in [5.41, 5.74) is 2.27. The average molecular weight is 570 g/mol. The van der Waals surface area contributed by atoms with Gasteiger partial charge < -0.3 is 10.1 Å². The number of rotatable bonds is 5. The summed E-state index contributed by atoms with van der Waals surface area (Å²) in [5.74, 6) is 1.30. The fourth-order valence-electron chi connectivity index (χ4n) is 5.25. The Hall–Kier alpha value is -3.35.